The van der Waals surface area contributed by atoms with Crippen LogP contribution in [0.5, 0.6) is 5.75 Å². The van der Waals surface area contributed by atoms with Crippen LogP contribution in [-0.2, 0) is 14.3 Å². The van der Waals surface area contributed by atoms with E-state index in [-0.39, 0.29) is 31.1 Å². The number of para-hydroxylation sites is 1. The predicted octanol–water partition coefficient (Wildman–Crippen LogP) is 3.82. The van der Waals surface area contributed by atoms with Gasteiger partial charge in [-0.2, -0.15) is 0 Å². The molecule has 1 N–H and O–H groups in total. The van der Waals surface area contributed by atoms with Crippen LogP contribution in [0.1, 0.15) is 43.1 Å². The Morgan fingerprint density at radius 3 is 2.32 bits per heavy atom. The molecule has 0 fully saturated rings. The number of benzene rings is 2. The van der Waals surface area contributed by atoms with Crippen molar-refractivity contribution in [2.45, 2.75) is 40.2 Å². The van der Waals surface area contributed by atoms with E-state index in [4.69, 9.17) is 9.47 Å². The molecule has 0 saturated carbocycles. The Balaban J connectivity index is 1.91. The maximum absolute atomic E-state index is 12.6. The van der Waals surface area contributed by atoms with E-state index >= 15 is 0 Å². The van der Waals surface area contributed by atoms with Gasteiger partial charge in [-0.1, -0.05) is 25.1 Å². The first-order valence-corrected chi connectivity index (χ1v) is 10.4. The molecule has 0 aliphatic carbocycles. The van der Waals surface area contributed by atoms with Gasteiger partial charge in [0.15, 0.2) is 6.61 Å². The lowest BCUT2D eigenvalue weighted by Crippen LogP contribution is -2.41. The first-order valence-electron chi connectivity index (χ1n) is 10.4. The molecule has 7 nitrogen and oxygen atoms in total. The monoisotopic (exact) mass is 426 g/mol. The topological polar surface area (TPSA) is 84.9 Å². The SMILES string of the molecule is CCCN(CC(=O)Nc1ccccc1C)C(=O)COc1ccc(C(=O)OC(C)C)cc1. The minimum absolute atomic E-state index is 0.0512. The summed E-state index contributed by atoms with van der Waals surface area (Å²) in [5.41, 5.74) is 2.09. The van der Waals surface area contributed by atoms with Crippen LogP contribution in [0.4, 0.5) is 5.69 Å². The second-order valence-electron chi connectivity index (χ2n) is 7.45. The highest BCUT2D eigenvalue weighted by Crippen LogP contribution is 2.15. The second kappa shape index (κ2) is 11.7. The number of aryl methyl sites for hydroxylation is 1. The number of hydrogen-bond acceptors (Lipinski definition) is 5. The normalized spacial score (nSPS) is 10.5. The summed E-state index contributed by atoms with van der Waals surface area (Å²) in [4.78, 5) is 38.4. The molecule has 0 atom stereocenters. The van der Waals surface area contributed by atoms with Gasteiger partial charge in [-0.3, -0.25) is 9.59 Å². The highest BCUT2D eigenvalue weighted by molar-refractivity contribution is 5.95. The van der Waals surface area contributed by atoms with Gasteiger partial charge in [0.05, 0.1) is 18.2 Å². The third-order valence-corrected chi connectivity index (χ3v) is 4.39. The summed E-state index contributed by atoms with van der Waals surface area (Å²) >= 11 is 0. The standard InChI is InChI=1S/C24H30N2O5/c1-5-14-26(15-22(27)25-21-9-7-6-8-18(21)4)23(28)16-30-20-12-10-19(11-13-20)24(29)31-17(2)3/h6-13,17H,5,14-16H2,1-4H3,(H,25,27). The molecular formula is C24H30N2O5. The first kappa shape index (κ1) is 23.9. The molecule has 166 valence electrons. The third kappa shape index (κ3) is 7.77. The summed E-state index contributed by atoms with van der Waals surface area (Å²) in [5.74, 6) is -0.504. The van der Waals surface area contributed by atoms with Crippen molar-refractivity contribution in [2.75, 3.05) is 25.0 Å². The number of carbonyl (C=O) groups is 3. The summed E-state index contributed by atoms with van der Waals surface area (Å²) in [6.45, 7) is 7.61. The van der Waals surface area contributed by atoms with Crippen LogP contribution in [0, 0.1) is 6.92 Å². The van der Waals surface area contributed by atoms with Gasteiger partial charge in [-0.05, 0) is 63.1 Å². The fourth-order valence-corrected chi connectivity index (χ4v) is 2.84. The Morgan fingerprint density at radius 1 is 1.03 bits per heavy atom. The molecule has 0 saturated heterocycles. The van der Waals surface area contributed by atoms with E-state index in [1.165, 1.54) is 4.90 Å². The molecule has 0 radical (unpaired) electrons. The number of rotatable bonds is 10. The second-order valence-corrected chi connectivity index (χ2v) is 7.45. The summed E-state index contributed by atoms with van der Waals surface area (Å²) in [6.07, 6.45) is 0.518. The average Bonchev–Trinajstić information content (AvgIpc) is 2.73. The quantitative estimate of drug-likeness (QED) is 0.584. The molecule has 0 bridgehead atoms. The minimum Gasteiger partial charge on any atom is -0.484 e. The summed E-state index contributed by atoms with van der Waals surface area (Å²) in [5, 5.41) is 2.84. The van der Waals surface area contributed by atoms with Gasteiger partial charge in [-0.25, -0.2) is 4.79 Å². The van der Waals surface area contributed by atoms with Gasteiger partial charge in [0.25, 0.3) is 5.91 Å². The summed E-state index contributed by atoms with van der Waals surface area (Å²) < 4.78 is 10.7. The summed E-state index contributed by atoms with van der Waals surface area (Å²) in [7, 11) is 0. The molecule has 0 aliphatic rings. The number of anilines is 1. The number of amides is 2. The Morgan fingerprint density at radius 2 is 1.71 bits per heavy atom. The Bertz CT molecular complexity index is 893. The molecule has 2 amide bonds. The first-order chi connectivity index (χ1) is 14.8. The van der Waals surface area contributed by atoms with Crippen molar-refractivity contribution in [3.8, 4) is 5.75 Å². The predicted molar refractivity (Wildman–Crippen MR) is 119 cm³/mol. The number of ether oxygens (including phenoxy) is 2. The number of carbonyl (C=O) groups excluding carboxylic acids is 3. The van der Waals surface area contributed by atoms with E-state index in [1.54, 1.807) is 38.1 Å². The van der Waals surface area contributed by atoms with Crippen LogP contribution < -0.4 is 10.1 Å². The Kier molecular flexibility index (Phi) is 9.06. The van der Waals surface area contributed by atoms with Crippen molar-refractivity contribution in [2.24, 2.45) is 0 Å². The number of nitrogens with zero attached hydrogens (tertiary/aromatic N) is 1. The average molecular weight is 427 g/mol. The summed E-state index contributed by atoms with van der Waals surface area (Å²) in [6, 6.07) is 13.9. The van der Waals surface area contributed by atoms with E-state index in [9.17, 15) is 14.4 Å². The van der Waals surface area contributed by atoms with Gasteiger partial charge in [0.1, 0.15) is 5.75 Å². The van der Waals surface area contributed by atoms with Gasteiger partial charge in [-0.15, -0.1) is 0 Å². The molecule has 7 heteroatoms. The molecule has 2 rings (SSSR count). The lowest BCUT2D eigenvalue weighted by atomic mass is 10.2. The lowest BCUT2D eigenvalue weighted by molar-refractivity contribution is -0.136. The van der Waals surface area contributed by atoms with Crippen LogP contribution in [0.3, 0.4) is 0 Å². The molecule has 0 unspecified atom stereocenters. The van der Waals surface area contributed by atoms with Crippen LogP contribution in [0.2, 0.25) is 0 Å². The van der Waals surface area contributed by atoms with Crippen molar-refractivity contribution >= 4 is 23.5 Å². The number of nitrogens with one attached hydrogen (secondary N) is 1. The molecule has 2 aromatic carbocycles. The van der Waals surface area contributed by atoms with Crippen LogP contribution in [0.25, 0.3) is 0 Å². The van der Waals surface area contributed by atoms with Crippen molar-refractivity contribution in [1.29, 1.82) is 0 Å². The zero-order valence-electron chi connectivity index (χ0n) is 18.5. The third-order valence-electron chi connectivity index (χ3n) is 4.39. The Hall–Kier alpha value is -3.35. The molecule has 0 aliphatic heterocycles. The maximum atomic E-state index is 12.6. The van der Waals surface area contributed by atoms with E-state index < -0.39 is 5.97 Å². The molecule has 31 heavy (non-hydrogen) atoms. The van der Waals surface area contributed by atoms with Gasteiger partial charge in [0.2, 0.25) is 5.91 Å². The highest BCUT2D eigenvalue weighted by atomic mass is 16.5. The van der Waals surface area contributed by atoms with E-state index in [1.807, 2.05) is 38.1 Å². The fourth-order valence-electron chi connectivity index (χ4n) is 2.84. The van der Waals surface area contributed by atoms with E-state index in [0.717, 1.165) is 17.7 Å². The van der Waals surface area contributed by atoms with E-state index in [0.29, 0.717) is 17.9 Å². The minimum atomic E-state index is -0.411. The smallest absolute Gasteiger partial charge is 0.338 e. The molecule has 0 aromatic heterocycles. The molecule has 2 aromatic rings. The van der Waals surface area contributed by atoms with Crippen LogP contribution >= 0.6 is 0 Å². The maximum Gasteiger partial charge on any atom is 0.338 e. The van der Waals surface area contributed by atoms with Gasteiger partial charge >= 0.3 is 5.97 Å². The van der Waals surface area contributed by atoms with Crippen LogP contribution in [0.15, 0.2) is 48.5 Å². The highest BCUT2D eigenvalue weighted by Gasteiger charge is 2.18. The fraction of sp³-hybridized carbons (Fsp3) is 0.375. The molecular weight excluding hydrogens is 396 g/mol. The zero-order chi connectivity index (χ0) is 22.8. The van der Waals surface area contributed by atoms with Crippen molar-refractivity contribution in [3.05, 3.63) is 59.7 Å². The van der Waals surface area contributed by atoms with Gasteiger partial charge < -0.3 is 19.7 Å². The molecule has 0 heterocycles. The molecule has 0 spiro atoms. The Labute approximate surface area is 183 Å². The number of hydrogen-bond donors (Lipinski definition) is 1. The van der Waals surface area contributed by atoms with Crippen LogP contribution in [-0.4, -0.2) is 48.5 Å². The van der Waals surface area contributed by atoms with E-state index in [2.05, 4.69) is 5.32 Å². The van der Waals surface area contributed by atoms with Crippen molar-refractivity contribution < 1.29 is 23.9 Å². The largest absolute Gasteiger partial charge is 0.484 e. The lowest BCUT2D eigenvalue weighted by Gasteiger charge is -2.22. The zero-order valence-corrected chi connectivity index (χ0v) is 18.5. The number of esters is 1. The van der Waals surface area contributed by atoms with Crippen molar-refractivity contribution in [3.63, 3.8) is 0 Å². The van der Waals surface area contributed by atoms with Crippen molar-refractivity contribution in [1.82, 2.24) is 4.90 Å². The van der Waals surface area contributed by atoms with Gasteiger partial charge in [0, 0.05) is 12.2 Å².